The summed E-state index contributed by atoms with van der Waals surface area (Å²) in [6.45, 7) is 2.37. The van der Waals surface area contributed by atoms with Crippen LogP contribution in [0.5, 0.6) is 0 Å². The second-order valence-corrected chi connectivity index (χ2v) is 11.5. The van der Waals surface area contributed by atoms with Gasteiger partial charge in [0.15, 0.2) is 0 Å². The Morgan fingerprint density at radius 3 is 2.27 bits per heavy atom. The van der Waals surface area contributed by atoms with Crippen LogP contribution in [0, 0.1) is 5.92 Å². The van der Waals surface area contributed by atoms with Gasteiger partial charge in [-0.25, -0.2) is 8.42 Å². The fourth-order valence-electron chi connectivity index (χ4n) is 3.91. The minimum Gasteiger partial charge on any atom is -0.354 e. The summed E-state index contributed by atoms with van der Waals surface area (Å²) < 4.78 is 28.7. The van der Waals surface area contributed by atoms with Crippen molar-refractivity contribution >= 4 is 39.3 Å². The Hall–Kier alpha value is -3.34. The maximum absolute atomic E-state index is 13.0. The molecule has 1 aliphatic rings. The average Bonchev–Trinajstić information content (AvgIpc) is 2.93. The number of para-hydroxylation sites is 1. The van der Waals surface area contributed by atoms with Crippen molar-refractivity contribution < 1.29 is 18.0 Å². The zero-order valence-corrected chi connectivity index (χ0v) is 21.9. The molecule has 0 unspecified atom stereocenters. The van der Waals surface area contributed by atoms with Crippen LogP contribution < -0.4 is 20.7 Å². The number of carbonyl (C=O) groups excluding carboxylic acids is 2. The molecule has 1 saturated heterocycles. The monoisotopic (exact) mass is 538 g/mol. The van der Waals surface area contributed by atoms with Crippen LogP contribution in [0.25, 0.3) is 0 Å². The number of piperidine rings is 1. The van der Waals surface area contributed by atoms with Gasteiger partial charge >= 0.3 is 0 Å². The molecule has 0 radical (unpaired) electrons. The predicted molar refractivity (Wildman–Crippen MR) is 145 cm³/mol. The van der Waals surface area contributed by atoms with Crippen molar-refractivity contribution in [3.8, 4) is 0 Å². The minimum atomic E-state index is -3.88. The molecule has 194 valence electrons. The van der Waals surface area contributed by atoms with Crippen LogP contribution in [0.2, 0.25) is 0 Å². The molecule has 3 aromatic rings. The molecule has 4 N–H and O–H groups in total. The second kappa shape index (κ2) is 12.8. The maximum Gasteiger partial charge on any atom is 0.261 e. The zero-order chi connectivity index (χ0) is 26.1. The molecule has 0 saturated carbocycles. The van der Waals surface area contributed by atoms with E-state index in [-0.39, 0.29) is 22.9 Å². The van der Waals surface area contributed by atoms with Crippen molar-refractivity contribution in [3.63, 3.8) is 0 Å². The number of amides is 2. The number of carbonyl (C=O) groups is 2. The first kappa shape index (κ1) is 26.7. The van der Waals surface area contributed by atoms with Crippen LogP contribution in [0.1, 0.15) is 23.2 Å². The lowest BCUT2D eigenvalue weighted by molar-refractivity contribution is -0.120. The lowest BCUT2D eigenvalue weighted by Gasteiger charge is -2.22. The normalized spacial score (nSPS) is 14.1. The van der Waals surface area contributed by atoms with Crippen LogP contribution in [-0.4, -0.2) is 46.4 Å². The standard InChI is InChI=1S/C27H30N4O4S2/c32-26(29-18-20-14-16-28-17-15-20)19-30-27(33)21-10-12-23(13-11-21)37(34,35)31-24-8-4-5-9-25(24)36-22-6-2-1-3-7-22/h1-13,20,28,31H,14-19H2,(H,29,32)(H,30,33). The van der Waals surface area contributed by atoms with Crippen LogP contribution in [0.15, 0.2) is 93.5 Å². The van der Waals surface area contributed by atoms with Crippen molar-refractivity contribution in [1.82, 2.24) is 16.0 Å². The van der Waals surface area contributed by atoms with E-state index < -0.39 is 15.9 Å². The van der Waals surface area contributed by atoms with Crippen molar-refractivity contribution in [3.05, 3.63) is 84.4 Å². The molecule has 1 fully saturated rings. The quantitative estimate of drug-likeness (QED) is 0.314. The molecule has 0 spiro atoms. The van der Waals surface area contributed by atoms with Crippen molar-refractivity contribution in [2.75, 3.05) is 30.9 Å². The summed E-state index contributed by atoms with van der Waals surface area (Å²) in [5.74, 6) is -0.242. The molecule has 37 heavy (non-hydrogen) atoms. The topological polar surface area (TPSA) is 116 Å². The lowest BCUT2D eigenvalue weighted by atomic mass is 9.98. The van der Waals surface area contributed by atoms with E-state index in [2.05, 4.69) is 20.7 Å². The van der Waals surface area contributed by atoms with Crippen molar-refractivity contribution in [1.29, 1.82) is 0 Å². The van der Waals surface area contributed by atoms with Gasteiger partial charge in [0.1, 0.15) is 0 Å². The number of rotatable bonds is 10. The molecular formula is C27H30N4O4S2. The molecule has 0 atom stereocenters. The number of benzene rings is 3. The van der Waals surface area contributed by atoms with Gasteiger partial charge in [-0.2, -0.15) is 0 Å². The summed E-state index contributed by atoms with van der Waals surface area (Å²) in [4.78, 5) is 26.3. The Balaban J connectivity index is 1.33. The largest absolute Gasteiger partial charge is 0.354 e. The van der Waals surface area contributed by atoms with E-state index in [0.29, 0.717) is 18.2 Å². The van der Waals surface area contributed by atoms with Gasteiger partial charge in [-0.15, -0.1) is 0 Å². The first-order valence-corrected chi connectivity index (χ1v) is 14.4. The van der Waals surface area contributed by atoms with Crippen LogP contribution in [-0.2, 0) is 14.8 Å². The molecule has 1 aliphatic heterocycles. The summed E-state index contributed by atoms with van der Waals surface area (Å²) >= 11 is 1.46. The average molecular weight is 539 g/mol. The molecule has 0 aliphatic carbocycles. The molecule has 8 nitrogen and oxygen atoms in total. The van der Waals surface area contributed by atoms with Gasteiger partial charge in [0.2, 0.25) is 5.91 Å². The van der Waals surface area contributed by atoms with Gasteiger partial charge in [0, 0.05) is 21.9 Å². The van der Waals surface area contributed by atoms with Gasteiger partial charge in [-0.05, 0) is 80.4 Å². The smallest absolute Gasteiger partial charge is 0.261 e. The van der Waals surface area contributed by atoms with Crippen molar-refractivity contribution in [2.45, 2.75) is 27.5 Å². The highest BCUT2D eigenvalue weighted by molar-refractivity contribution is 7.99. The summed E-state index contributed by atoms with van der Waals surface area (Å²) in [5.41, 5.74) is 0.735. The summed E-state index contributed by atoms with van der Waals surface area (Å²) in [5, 5.41) is 8.73. The molecule has 0 aromatic heterocycles. The molecule has 3 aromatic carbocycles. The van der Waals surface area contributed by atoms with E-state index in [1.807, 2.05) is 42.5 Å². The summed E-state index contributed by atoms with van der Waals surface area (Å²) in [7, 11) is -3.88. The number of sulfonamides is 1. The Kier molecular flexibility index (Phi) is 9.21. The molecule has 1 heterocycles. The number of nitrogens with one attached hydrogen (secondary N) is 4. The summed E-state index contributed by atoms with van der Waals surface area (Å²) in [6, 6.07) is 22.5. The SMILES string of the molecule is O=C(CNC(=O)c1ccc(S(=O)(=O)Nc2ccccc2Sc2ccccc2)cc1)NCC1CCNCC1. The third kappa shape index (κ3) is 7.82. The lowest BCUT2D eigenvalue weighted by Crippen LogP contribution is -2.40. The highest BCUT2D eigenvalue weighted by Gasteiger charge is 2.18. The number of hydrogen-bond donors (Lipinski definition) is 4. The first-order chi connectivity index (χ1) is 17.9. The minimum absolute atomic E-state index is 0.0308. The first-order valence-electron chi connectivity index (χ1n) is 12.1. The summed E-state index contributed by atoms with van der Waals surface area (Å²) in [6.07, 6.45) is 2.04. The fourth-order valence-corrected chi connectivity index (χ4v) is 5.98. The van der Waals surface area contributed by atoms with Gasteiger partial charge < -0.3 is 16.0 Å². The maximum atomic E-state index is 13.0. The molecule has 2 amide bonds. The van der Waals surface area contributed by atoms with E-state index in [1.165, 1.54) is 36.0 Å². The van der Waals surface area contributed by atoms with Gasteiger partial charge in [0.25, 0.3) is 15.9 Å². The van der Waals surface area contributed by atoms with E-state index >= 15 is 0 Å². The zero-order valence-electron chi connectivity index (χ0n) is 20.3. The molecule has 0 bridgehead atoms. The fraction of sp³-hybridized carbons (Fsp3) is 0.259. The van der Waals surface area contributed by atoms with E-state index in [1.54, 1.807) is 12.1 Å². The van der Waals surface area contributed by atoms with E-state index in [0.717, 1.165) is 35.7 Å². The van der Waals surface area contributed by atoms with Gasteiger partial charge in [-0.3, -0.25) is 14.3 Å². The van der Waals surface area contributed by atoms with Crippen LogP contribution in [0.3, 0.4) is 0 Å². The Bertz CT molecular complexity index is 1310. The van der Waals surface area contributed by atoms with Gasteiger partial charge in [0.05, 0.1) is 17.1 Å². The second-order valence-electron chi connectivity index (χ2n) is 8.72. The third-order valence-electron chi connectivity index (χ3n) is 5.99. The van der Waals surface area contributed by atoms with Gasteiger partial charge in [-0.1, -0.05) is 42.1 Å². The molecule has 10 heteroatoms. The van der Waals surface area contributed by atoms with Crippen molar-refractivity contribution in [2.24, 2.45) is 5.92 Å². The number of hydrogen-bond acceptors (Lipinski definition) is 6. The Labute approximate surface area is 221 Å². The van der Waals surface area contributed by atoms with Crippen LogP contribution in [0.4, 0.5) is 5.69 Å². The Morgan fingerprint density at radius 2 is 1.54 bits per heavy atom. The molecule has 4 rings (SSSR count). The van der Waals surface area contributed by atoms with E-state index in [9.17, 15) is 18.0 Å². The highest BCUT2D eigenvalue weighted by atomic mass is 32.2. The third-order valence-corrected chi connectivity index (χ3v) is 8.45. The van der Waals surface area contributed by atoms with Crippen LogP contribution >= 0.6 is 11.8 Å². The predicted octanol–water partition coefficient (Wildman–Crippen LogP) is 3.48. The molecular weight excluding hydrogens is 508 g/mol. The van der Waals surface area contributed by atoms with E-state index in [4.69, 9.17) is 0 Å². The highest BCUT2D eigenvalue weighted by Crippen LogP contribution is 2.34. The number of anilines is 1. The Morgan fingerprint density at radius 1 is 0.865 bits per heavy atom.